The third-order valence-corrected chi connectivity index (χ3v) is 3.24. The van der Waals surface area contributed by atoms with Crippen LogP contribution in [0.25, 0.3) is 0 Å². The van der Waals surface area contributed by atoms with Gasteiger partial charge in [0, 0.05) is 11.1 Å². The van der Waals surface area contributed by atoms with E-state index in [4.69, 9.17) is 0 Å². The summed E-state index contributed by atoms with van der Waals surface area (Å²) in [5, 5.41) is 9.21. The Kier molecular flexibility index (Phi) is 5.26. The Labute approximate surface area is 121 Å². The molecule has 0 aliphatic rings. The van der Waals surface area contributed by atoms with Crippen molar-refractivity contribution in [2.24, 2.45) is 0 Å². The van der Waals surface area contributed by atoms with Gasteiger partial charge in [0.1, 0.15) is 5.75 Å². The average Bonchev–Trinajstić information content (AvgIpc) is 2.48. The summed E-state index contributed by atoms with van der Waals surface area (Å²) >= 11 is 0. The van der Waals surface area contributed by atoms with E-state index in [1.807, 2.05) is 12.1 Å². The molecule has 0 saturated carbocycles. The molecule has 1 heteroatoms. The van der Waals surface area contributed by atoms with Crippen LogP contribution < -0.4 is 0 Å². The molecule has 20 heavy (non-hydrogen) atoms. The van der Waals surface area contributed by atoms with Crippen molar-refractivity contribution in [1.82, 2.24) is 0 Å². The lowest BCUT2D eigenvalue weighted by Crippen LogP contribution is -1.85. The van der Waals surface area contributed by atoms with Gasteiger partial charge in [-0.25, -0.2) is 0 Å². The Morgan fingerprint density at radius 1 is 0.800 bits per heavy atom. The average molecular weight is 264 g/mol. The summed E-state index contributed by atoms with van der Waals surface area (Å²) in [6, 6.07) is 15.4. The molecule has 2 aromatic rings. The van der Waals surface area contributed by atoms with Crippen molar-refractivity contribution in [3.8, 4) is 17.6 Å². The van der Waals surface area contributed by atoms with Crippen molar-refractivity contribution >= 4 is 0 Å². The first-order valence-electron chi connectivity index (χ1n) is 7.18. The van der Waals surface area contributed by atoms with Gasteiger partial charge in [0.2, 0.25) is 0 Å². The van der Waals surface area contributed by atoms with Gasteiger partial charge in [0.15, 0.2) is 0 Å². The first kappa shape index (κ1) is 14.2. The van der Waals surface area contributed by atoms with E-state index >= 15 is 0 Å². The second-order valence-corrected chi connectivity index (χ2v) is 4.95. The second kappa shape index (κ2) is 7.40. The van der Waals surface area contributed by atoms with Gasteiger partial charge in [-0.1, -0.05) is 43.7 Å². The molecule has 102 valence electrons. The maximum Gasteiger partial charge on any atom is 0.115 e. The van der Waals surface area contributed by atoms with Crippen LogP contribution in [0.3, 0.4) is 0 Å². The van der Waals surface area contributed by atoms with Gasteiger partial charge in [-0.15, -0.1) is 0 Å². The zero-order valence-corrected chi connectivity index (χ0v) is 11.9. The number of hydrogen-bond acceptors (Lipinski definition) is 1. The van der Waals surface area contributed by atoms with Crippen molar-refractivity contribution < 1.29 is 5.11 Å². The molecule has 1 N–H and O–H groups in total. The third kappa shape index (κ3) is 4.48. The van der Waals surface area contributed by atoms with Gasteiger partial charge in [0.05, 0.1) is 0 Å². The molecule has 2 aromatic carbocycles. The summed E-state index contributed by atoms with van der Waals surface area (Å²) in [7, 11) is 0. The molecular weight excluding hydrogens is 244 g/mol. The minimum Gasteiger partial charge on any atom is -0.508 e. The van der Waals surface area contributed by atoms with E-state index in [2.05, 4.69) is 43.0 Å². The molecule has 1 nitrogen and oxygen atoms in total. The fraction of sp³-hybridized carbons (Fsp3) is 0.263. The highest BCUT2D eigenvalue weighted by Crippen LogP contribution is 2.10. The standard InChI is InChI=1S/C19H20O/c1-2-3-4-5-16-6-8-17(9-7-16)10-11-18-12-14-19(20)15-13-18/h6-9,12-15,20H,2-5H2,1H3. The van der Waals surface area contributed by atoms with Crippen LogP contribution in [0.15, 0.2) is 48.5 Å². The van der Waals surface area contributed by atoms with Gasteiger partial charge < -0.3 is 5.11 Å². The van der Waals surface area contributed by atoms with Gasteiger partial charge >= 0.3 is 0 Å². The molecule has 0 atom stereocenters. The van der Waals surface area contributed by atoms with Gasteiger partial charge in [0.25, 0.3) is 0 Å². The minimum atomic E-state index is 0.270. The number of aromatic hydroxyl groups is 1. The molecule has 0 aliphatic heterocycles. The molecule has 0 unspecified atom stereocenters. The quantitative estimate of drug-likeness (QED) is 0.635. The Bertz CT molecular complexity index is 582. The summed E-state index contributed by atoms with van der Waals surface area (Å²) in [6.07, 6.45) is 4.97. The SMILES string of the molecule is CCCCCc1ccc(C#Cc2ccc(O)cc2)cc1. The van der Waals surface area contributed by atoms with Crippen LogP contribution in [0.4, 0.5) is 0 Å². The lowest BCUT2D eigenvalue weighted by Gasteiger charge is -2.00. The number of phenolic OH excluding ortho intramolecular Hbond substituents is 1. The summed E-state index contributed by atoms with van der Waals surface area (Å²) in [5.41, 5.74) is 3.32. The molecule has 0 aromatic heterocycles. The number of phenols is 1. The fourth-order valence-corrected chi connectivity index (χ4v) is 2.02. The maximum absolute atomic E-state index is 9.21. The topological polar surface area (TPSA) is 20.2 Å². The number of rotatable bonds is 4. The normalized spacial score (nSPS) is 9.85. The lowest BCUT2D eigenvalue weighted by atomic mass is 10.1. The largest absolute Gasteiger partial charge is 0.508 e. The van der Waals surface area contributed by atoms with E-state index in [9.17, 15) is 5.11 Å². The fourth-order valence-electron chi connectivity index (χ4n) is 2.02. The van der Waals surface area contributed by atoms with Crippen LogP contribution in [0.5, 0.6) is 5.75 Å². The summed E-state index contributed by atoms with van der Waals surface area (Å²) < 4.78 is 0. The molecule has 2 rings (SSSR count). The molecule has 0 bridgehead atoms. The molecule has 0 radical (unpaired) electrons. The molecule has 0 amide bonds. The highest BCUT2D eigenvalue weighted by atomic mass is 16.3. The highest BCUT2D eigenvalue weighted by Gasteiger charge is 1.93. The molecule has 0 fully saturated rings. The monoisotopic (exact) mass is 264 g/mol. The third-order valence-electron chi connectivity index (χ3n) is 3.24. The summed E-state index contributed by atoms with van der Waals surface area (Å²) in [5.74, 6) is 6.51. The second-order valence-electron chi connectivity index (χ2n) is 4.95. The molecular formula is C19H20O. The first-order chi connectivity index (χ1) is 9.78. The highest BCUT2D eigenvalue weighted by molar-refractivity contribution is 5.44. The van der Waals surface area contributed by atoms with E-state index in [-0.39, 0.29) is 5.75 Å². The van der Waals surface area contributed by atoms with Crippen LogP contribution in [0, 0.1) is 11.8 Å². The molecule has 0 saturated heterocycles. The first-order valence-corrected chi connectivity index (χ1v) is 7.18. The van der Waals surface area contributed by atoms with Crippen LogP contribution in [-0.4, -0.2) is 5.11 Å². The molecule has 0 heterocycles. The van der Waals surface area contributed by atoms with E-state index in [0.29, 0.717) is 0 Å². The maximum atomic E-state index is 9.21. The molecule has 0 spiro atoms. The van der Waals surface area contributed by atoms with Crippen molar-refractivity contribution in [2.45, 2.75) is 32.6 Å². The number of unbranched alkanes of at least 4 members (excludes halogenated alkanes) is 2. The van der Waals surface area contributed by atoms with Crippen LogP contribution in [0.1, 0.15) is 42.9 Å². The predicted molar refractivity (Wildman–Crippen MR) is 83.8 cm³/mol. The number of aryl methyl sites for hydroxylation is 1. The summed E-state index contributed by atoms with van der Waals surface area (Å²) in [4.78, 5) is 0. The lowest BCUT2D eigenvalue weighted by molar-refractivity contribution is 0.475. The number of benzene rings is 2. The van der Waals surface area contributed by atoms with Gasteiger partial charge in [-0.3, -0.25) is 0 Å². The van der Waals surface area contributed by atoms with Crippen LogP contribution in [0.2, 0.25) is 0 Å². The smallest absolute Gasteiger partial charge is 0.115 e. The van der Waals surface area contributed by atoms with Crippen molar-refractivity contribution in [1.29, 1.82) is 0 Å². The predicted octanol–water partition coefficient (Wildman–Crippen LogP) is 4.52. The van der Waals surface area contributed by atoms with Crippen molar-refractivity contribution in [3.05, 3.63) is 65.2 Å². The summed E-state index contributed by atoms with van der Waals surface area (Å²) in [6.45, 7) is 2.22. The van der Waals surface area contributed by atoms with E-state index in [0.717, 1.165) is 17.5 Å². The van der Waals surface area contributed by atoms with E-state index < -0.39 is 0 Å². The molecule has 0 aliphatic carbocycles. The zero-order chi connectivity index (χ0) is 14.2. The number of hydrogen-bond donors (Lipinski definition) is 1. The minimum absolute atomic E-state index is 0.270. The van der Waals surface area contributed by atoms with E-state index in [1.165, 1.54) is 24.8 Å². The Morgan fingerprint density at radius 3 is 1.90 bits per heavy atom. The van der Waals surface area contributed by atoms with Crippen molar-refractivity contribution in [2.75, 3.05) is 0 Å². The Hall–Kier alpha value is -2.20. The zero-order valence-electron chi connectivity index (χ0n) is 11.9. The van der Waals surface area contributed by atoms with Crippen molar-refractivity contribution in [3.63, 3.8) is 0 Å². The van der Waals surface area contributed by atoms with Crippen LogP contribution in [-0.2, 0) is 6.42 Å². The van der Waals surface area contributed by atoms with Gasteiger partial charge in [-0.05, 0) is 54.8 Å². The van der Waals surface area contributed by atoms with E-state index in [1.54, 1.807) is 12.1 Å². The van der Waals surface area contributed by atoms with Crippen LogP contribution >= 0.6 is 0 Å². The Morgan fingerprint density at radius 2 is 1.35 bits per heavy atom. The van der Waals surface area contributed by atoms with Gasteiger partial charge in [-0.2, -0.15) is 0 Å². The Balaban J connectivity index is 1.98.